The Hall–Kier alpha value is -0.520. The molecule has 0 amide bonds. The summed E-state index contributed by atoms with van der Waals surface area (Å²) in [4.78, 5) is 0. The Morgan fingerprint density at radius 2 is 1.30 bits per heavy atom. The van der Waals surface area contributed by atoms with Gasteiger partial charge in [0.1, 0.15) is 0 Å². The van der Waals surface area contributed by atoms with E-state index in [0.29, 0.717) is 11.8 Å². The second kappa shape index (κ2) is 10.4. The number of aliphatic hydroxyl groups excluding tert-OH is 2. The molecule has 0 spiro atoms. The summed E-state index contributed by atoms with van der Waals surface area (Å²) in [5, 5.41) is 21.9. The van der Waals surface area contributed by atoms with Crippen LogP contribution in [-0.2, 0) is 0 Å². The summed E-state index contributed by atoms with van der Waals surface area (Å²) in [7, 11) is 0. The largest absolute Gasteiger partial charge is 0.391 e. The molecular formula is C21H36O2. The van der Waals surface area contributed by atoms with E-state index >= 15 is 0 Å². The molecule has 3 atom stereocenters. The van der Waals surface area contributed by atoms with Crippen molar-refractivity contribution < 1.29 is 10.2 Å². The first-order valence-corrected chi connectivity index (χ1v) is 10.1. The minimum atomic E-state index is -0.443. The molecule has 2 N–H and O–H groups in total. The highest BCUT2D eigenvalue weighted by molar-refractivity contribution is 5.10. The molecule has 2 aliphatic rings. The van der Waals surface area contributed by atoms with E-state index in [0.717, 1.165) is 44.9 Å². The van der Waals surface area contributed by atoms with Gasteiger partial charge >= 0.3 is 0 Å². The third-order valence-corrected chi connectivity index (χ3v) is 5.93. The highest BCUT2D eigenvalue weighted by atomic mass is 16.3. The van der Waals surface area contributed by atoms with E-state index in [4.69, 9.17) is 0 Å². The van der Waals surface area contributed by atoms with Crippen molar-refractivity contribution in [3.05, 3.63) is 0 Å². The van der Waals surface area contributed by atoms with E-state index in [9.17, 15) is 10.2 Å². The Morgan fingerprint density at radius 3 is 1.74 bits per heavy atom. The standard InChI is InChI=1S/C21H36O2/c1-2-3-4-11-16-19(20(22)17-12-7-5-8-13-17)21(23)18-14-9-6-10-15-18/h17-23H,2-10,12-15H2,1H3/t19?,20-,21+. The Morgan fingerprint density at radius 1 is 0.826 bits per heavy atom. The van der Waals surface area contributed by atoms with Crippen molar-refractivity contribution in [1.29, 1.82) is 0 Å². The van der Waals surface area contributed by atoms with E-state index in [1.54, 1.807) is 0 Å². The van der Waals surface area contributed by atoms with Crippen LogP contribution >= 0.6 is 0 Å². The first-order chi connectivity index (χ1) is 11.2. The van der Waals surface area contributed by atoms with Gasteiger partial charge in [-0.1, -0.05) is 57.8 Å². The molecule has 2 rings (SSSR count). The Labute approximate surface area is 143 Å². The molecule has 0 aromatic rings. The van der Waals surface area contributed by atoms with Gasteiger partial charge < -0.3 is 10.2 Å². The highest BCUT2D eigenvalue weighted by Crippen LogP contribution is 2.35. The third kappa shape index (κ3) is 5.80. The van der Waals surface area contributed by atoms with Crippen molar-refractivity contribution in [3.63, 3.8) is 0 Å². The van der Waals surface area contributed by atoms with Crippen molar-refractivity contribution in [3.8, 4) is 11.8 Å². The van der Waals surface area contributed by atoms with E-state index in [1.165, 1.54) is 38.5 Å². The molecule has 0 saturated heterocycles. The summed E-state index contributed by atoms with van der Waals surface area (Å²) in [6.07, 6.45) is 14.1. The van der Waals surface area contributed by atoms with E-state index in [1.807, 2.05) is 0 Å². The van der Waals surface area contributed by atoms with Crippen LogP contribution < -0.4 is 0 Å². The molecule has 23 heavy (non-hydrogen) atoms. The Bertz CT molecular complexity index is 345. The highest BCUT2D eigenvalue weighted by Gasteiger charge is 2.36. The summed E-state index contributed by atoms with van der Waals surface area (Å²) in [5.74, 6) is 7.00. The molecule has 0 aromatic heterocycles. The zero-order valence-corrected chi connectivity index (χ0v) is 15.0. The maximum Gasteiger partial charge on any atom is 0.0730 e. The van der Waals surface area contributed by atoms with Gasteiger partial charge in [-0.05, 0) is 43.9 Å². The molecule has 2 saturated carbocycles. The minimum Gasteiger partial charge on any atom is -0.391 e. The number of hydrogen-bond donors (Lipinski definition) is 2. The maximum atomic E-state index is 10.9. The van der Waals surface area contributed by atoms with Gasteiger partial charge in [-0.15, -0.1) is 5.92 Å². The van der Waals surface area contributed by atoms with Crippen molar-refractivity contribution in [2.24, 2.45) is 17.8 Å². The van der Waals surface area contributed by atoms with E-state index < -0.39 is 12.2 Å². The van der Waals surface area contributed by atoms with Crippen LogP contribution in [0.2, 0.25) is 0 Å². The lowest BCUT2D eigenvalue weighted by Crippen LogP contribution is -2.41. The monoisotopic (exact) mass is 320 g/mol. The van der Waals surface area contributed by atoms with Crippen LogP contribution in [-0.4, -0.2) is 22.4 Å². The minimum absolute atomic E-state index is 0.238. The fraction of sp³-hybridized carbons (Fsp3) is 0.905. The Kier molecular flexibility index (Phi) is 8.48. The maximum absolute atomic E-state index is 10.9. The molecule has 132 valence electrons. The van der Waals surface area contributed by atoms with Gasteiger partial charge in [0.05, 0.1) is 18.1 Å². The van der Waals surface area contributed by atoms with Gasteiger partial charge in [0.25, 0.3) is 0 Å². The smallest absolute Gasteiger partial charge is 0.0730 e. The lowest BCUT2D eigenvalue weighted by Gasteiger charge is -2.36. The quantitative estimate of drug-likeness (QED) is 0.551. The number of unbranched alkanes of at least 4 members (excludes halogenated alkanes) is 2. The van der Waals surface area contributed by atoms with Crippen LogP contribution in [0.1, 0.15) is 90.4 Å². The van der Waals surface area contributed by atoms with Gasteiger partial charge in [0.2, 0.25) is 0 Å². The van der Waals surface area contributed by atoms with Gasteiger partial charge in [-0.3, -0.25) is 0 Å². The average molecular weight is 321 g/mol. The molecule has 0 bridgehead atoms. The summed E-state index contributed by atoms with van der Waals surface area (Å²) in [5.41, 5.74) is 0. The van der Waals surface area contributed by atoms with Crippen molar-refractivity contribution in [2.75, 3.05) is 0 Å². The number of rotatable bonds is 6. The molecule has 0 radical (unpaired) electrons. The van der Waals surface area contributed by atoms with Gasteiger partial charge in [-0.2, -0.15) is 0 Å². The van der Waals surface area contributed by atoms with Crippen LogP contribution in [0.25, 0.3) is 0 Å². The molecule has 0 aliphatic heterocycles. The second-order valence-corrected chi connectivity index (χ2v) is 7.73. The van der Waals surface area contributed by atoms with Crippen LogP contribution in [0.3, 0.4) is 0 Å². The zero-order chi connectivity index (χ0) is 16.5. The molecule has 0 aromatic carbocycles. The van der Waals surface area contributed by atoms with Crippen LogP contribution in [0.15, 0.2) is 0 Å². The predicted molar refractivity (Wildman–Crippen MR) is 96.0 cm³/mol. The van der Waals surface area contributed by atoms with Crippen molar-refractivity contribution in [1.82, 2.24) is 0 Å². The van der Waals surface area contributed by atoms with E-state index in [2.05, 4.69) is 18.8 Å². The zero-order valence-electron chi connectivity index (χ0n) is 15.0. The summed E-state index contributed by atoms with van der Waals surface area (Å²) in [6.45, 7) is 2.17. The number of hydrogen-bond acceptors (Lipinski definition) is 2. The number of aliphatic hydroxyl groups is 2. The summed E-state index contributed by atoms with van der Waals surface area (Å²) >= 11 is 0. The van der Waals surface area contributed by atoms with Crippen molar-refractivity contribution >= 4 is 0 Å². The van der Waals surface area contributed by atoms with Gasteiger partial charge in [0, 0.05) is 6.42 Å². The van der Waals surface area contributed by atoms with Crippen molar-refractivity contribution in [2.45, 2.75) is 103 Å². The van der Waals surface area contributed by atoms with Crippen LogP contribution in [0.5, 0.6) is 0 Å². The molecule has 2 fully saturated rings. The van der Waals surface area contributed by atoms with Gasteiger partial charge in [0.15, 0.2) is 0 Å². The fourth-order valence-corrected chi connectivity index (χ4v) is 4.37. The molecule has 1 unspecified atom stereocenters. The van der Waals surface area contributed by atoms with Crippen LogP contribution in [0.4, 0.5) is 0 Å². The SMILES string of the molecule is CCCCC#CC([C@H](O)C1CCCCC1)[C@@H](O)C1CCCCC1. The van der Waals surface area contributed by atoms with E-state index in [-0.39, 0.29) is 5.92 Å². The molecule has 2 nitrogen and oxygen atoms in total. The molecule has 2 heteroatoms. The molecule has 0 heterocycles. The van der Waals surface area contributed by atoms with Gasteiger partial charge in [-0.25, -0.2) is 0 Å². The normalized spacial score (nSPS) is 23.3. The summed E-state index contributed by atoms with van der Waals surface area (Å²) in [6, 6.07) is 0. The average Bonchev–Trinajstić information content (AvgIpc) is 2.62. The molecule has 2 aliphatic carbocycles. The topological polar surface area (TPSA) is 40.5 Å². The second-order valence-electron chi connectivity index (χ2n) is 7.73. The van der Waals surface area contributed by atoms with Crippen LogP contribution in [0, 0.1) is 29.6 Å². The first kappa shape index (κ1) is 18.8. The third-order valence-electron chi connectivity index (χ3n) is 5.93. The fourth-order valence-electron chi connectivity index (χ4n) is 4.37. The predicted octanol–water partition coefficient (Wildman–Crippen LogP) is 4.68. The lowest BCUT2D eigenvalue weighted by molar-refractivity contribution is -0.0321. The lowest BCUT2D eigenvalue weighted by atomic mass is 9.74. The summed E-state index contributed by atoms with van der Waals surface area (Å²) < 4.78 is 0. The Balaban J connectivity index is 2.03. The molecular weight excluding hydrogens is 284 g/mol. The first-order valence-electron chi connectivity index (χ1n) is 10.1.